The van der Waals surface area contributed by atoms with E-state index in [9.17, 15) is 14.7 Å². The molecular weight excluding hydrogens is 350 g/mol. The number of ether oxygens (including phenoxy) is 3. The van der Waals surface area contributed by atoms with Gasteiger partial charge in [0.05, 0.1) is 43.5 Å². The van der Waals surface area contributed by atoms with Crippen LogP contribution in [0.15, 0.2) is 24.3 Å². The predicted octanol–water partition coefficient (Wildman–Crippen LogP) is 1.73. The molecule has 8 heteroatoms. The van der Waals surface area contributed by atoms with Crippen molar-refractivity contribution in [2.45, 2.75) is 11.7 Å². The summed E-state index contributed by atoms with van der Waals surface area (Å²) in [4.78, 5) is 26.2. The molecule has 1 amide bonds. The molecule has 0 saturated carbocycles. The molecule has 2 bridgehead atoms. The Labute approximate surface area is 148 Å². The van der Waals surface area contributed by atoms with Crippen LogP contribution in [-0.4, -0.2) is 49.5 Å². The summed E-state index contributed by atoms with van der Waals surface area (Å²) in [5.74, 6) is -2.15. The smallest absolute Gasteiger partial charge is 0.310 e. The largest absolute Gasteiger partial charge is 0.495 e. The molecular formula is C17H16ClNO6. The number of amides is 1. The minimum absolute atomic E-state index is 0.215. The molecule has 3 heterocycles. The molecule has 0 aliphatic carbocycles. The van der Waals surface area contributed by atoms with Crippen molar-refractivity contribution in [3.8, 4) is 11.5 Å². The van der Waals surface area contributed by atoms with E-state index in [1.54, 1.807) is 24.3 Å². The van der Waals surface area contributed by atoms with Crippen molar-refractivity contribution in [2.24, 2.45) is 11.8 Å². The molecule has 2 fully saturated rings. The van der Waals surface area contributed by atoms with Crippen molar-refractivity contribution in [3.63, 3.8) is 0 Å². The van der Waals surface area contributed by atoms with Crippen LogP contribution in [0.3, 0.4) is 0 Å². The first-order valence-corrected chi connectivity index (χ1v) is 8.12. The lowest BCUT2D eigenvalue weighted by atomic mass is 9.77. The molecule has 1 N–H and O–H groups in total. The number of hydrogen-bond acceptors (Lipinski definition) is 5. The Kier molecular flexibility index (Phi) is 3.49. The summed E-state index contributed by atoms with van der Waals surface area (Å²) >= 11 is 6.20. The number of anilines is 1. The molecule has 0 aromatic heterocycles. The fraction of sp³-hybridized carbons (Fsp3) is 0.412. The van der Waals surface area contributed by atoms with Crippen LogP contribution in [0.1, 0.15) is 0 Å². The summed E-state index contributed by atoms with van der Waals surface area (Å²) in [6, 6.07) is 3.18. The number of aliphatic carboxylic acids is 1. The van der Waals surface area contributed by atoms with Gasteiger partial charge in [0.25, 0.3) is 0 Å². The summed E-state index contributed by atoms with van der Waals surface area (Å²) in [5.41, 5.74) is -0.450. The second-order valence-electron chi connectivity index (χ2n) is 6.32. The zero-order valence-corrected chi connectivity index (χ0v) is 14.3. The summed E-state index contributed by atoms with van der Waals surface area (Å²) in [6.07, 6.45) is 2.97. The van der Waals surface area contributed by atoms with Gasteiger partial charge in [-0.05, 0) is 6.07 Å². The highest BCUT2D eigenvalue weighted by Gasteiger charge is 2.67. The lowest BCUT2D eigenvalue weighted by Gasteiger charge is -2.23. The van der Waals surface area contributed by atoms with Crippen LogP contribution in [0.4, 0.5) is 5.69 Å². The SMILES string of the molecule is COc1cc(OC)c(N2C[C@@]34C=C[C@@H](O3)[C@@H](C(=O)O)[C@H]4C2=O)cc1Cl. The van der Waals surface area contributed by atoms with Gasteiger partial charge in [0.2, 0.25) is 5.91 Å². The normalized spacial score (nSPS) is 32.2. The Morgan fingerprint density at radius 2 is 2.08 bits per heavy atom. The van der Waals surface area contributed by atoms with Crippen LogP contribution in [0, 0.1) is 11.8 Å². The lowest BCUT2D eigenvalue weighted by molar-refractivity contribution is -0.146. The zero-order chi connectivity index (χ0) is 17.9. The number of methoxy groups -OCH3 is 2. The average Bonchev–Trinajstić information content (AvgIpc) is 3.22. The van der Waals surface area contributed by atoms with Gasteiger partial charge in [-0.1, -0.05) is 23.8 Å². The summed E-state index contributed by atoms with van der Waals surface area (Å²) in [5, 5.41) is 9.85. The van der Waals surface area contributed by atoms with Crippen molar-refractivity contribution < 1.29 is 28.9 Å². The van der Waals surface area contributed by atoms with Crippen molar-refractivity contribution in [2.75, 3.05) is 25.7 Å². The maximum Gasteiger partial charge on any atom is 0.310 e. The van der Waals surface area contributed by atoms with Gasteiger partial charge in [0, 0.05) is 6.07 Å². The average molecular weight is 366 g/mol. The highest BCUT2D eigenvalue weighted by molar-refractivity contribution is 6.32. The van der Waals surface area contributed by atoms with E-state index < -0.39 is 29.5 Å². The van der Waals surface area contributed by atoms with Crippen LogP contribution in [0.25, 0.3) is 0 Å². The van der Waals surface area contributed by atoms with E-state index in [0.717, 1.165) is 0 Å². The van der Waals surface area contributed by atoms with E-state index in [-0.39, 0.29) is 12.5 Å². The Hall–Kier alpha value is -2.25. The van der Waals surface area contributed by atoms with E-state index in [0.29, 0.717) is 22.2 Å². The van der Waals surface area contributed by atoms with Crippen LogP contribution in [0.5, 0.6) is 11.5 Å². The van der Waals surface area contributed by atoms with Gasteiger partial charge >= 0.3 is 5.97 Å². The standard InChI is InChI=1S/C17H16ClNO6/c1-23-11-6-12(24-2)9(5-8(11)18)19-7-17-4-3-10(25-17)13(16(21)22)14(17)15(19)20/h3-6,10,13-14H,7H2,1-2H3,(H,21,22)/t10-,13-,14+,17-/m1/s1. The molecule has 7 nitrogen and oxygen atoms in total. The van der Waals surface area contributed by atoms with Crippen LogP contribution in [0.2, 0.25) is 5.02 Å². The number of hydrogen-bond donors (Lipinski definition) is 1. The number of carboxylic acids is 1. The van der Waals surface area contributed by atoms with Gasteiger partial charge in [-0.15, -0.1) is 0 Å². The Morgan fingerprint density at radius 1 is 1.36 bits per heavy atom. The van der Waals surface area contributed by atoms with E-state index in [1.165, 1.54) is 19.1 Å². The topological polar surface area (TPSA) is 85.3 Å². The highest BCUT2D eigenvalue weighted by atomic mass is 35.5. The maximum atomic E-state index is 13.0. The zero-order valence-electron chi connectivity index (χ0n) is 13.6. The molecule has 25 heavy (non-hydrogen) atoms. The molecule has 3 aliphatic rings. The van der Waals surface area contributed by atoms with E-state index >= 15 is 0 Å². The second kappa shape index (κ2) is 5.37. The van der Waals surface area contributed by atoms with Gasteiger partial charge < -0.3 is 24.2 Å². The molecule has 132 valence electrons. The molecule has 1 aromatic rings. The first-order valence-electron chi connectivity index (χ1n) is 7.75. The Bertz CT molecular complexity index is 809. The van der Waals surface area contributed by atoms with Crippen LogP contribution < -0.4 is 14.4 Å². The molecule has 0 unspecified atom stereocenters. The van der Waals surface area contributed by atoms with Gasteiger partial charge in [-0.25, -0.2) is 0 Å². The van der Waals surface area contributed by atoms with E-state index in [1.807, 2.05) is 0 Å². The van der Waals surface area contributed by atoms with Crippen LogP contribution in [-0.2, 0) is 14.3 Å². The lowest BCUT2D eigenvalue weighted by Crippen LogP contribution is -2.39. The highest BCUT2D eigenvalue weighted by Crippen LogP contribution is 2.54. The van der Waals surface area contributed by atoms with Crippen molar-refractivity contribution in [1.29, 1.82) is 0 Å². The molecule has 2 saturated heterocycles. The predicted molar refractivity (Wildman–Crippen MR) is 88.3 cm³/mol. The molecule has 3 aliphatic heterocycles. The van der Waals surface area contributed by atoms with Crippen molar-refractivity contribution in [3.05, 3.63) is 29.3 Å². The minimum Gasteiger partial charge on any atom is -0.495 e. The number of nitrogens with zero attached hydrogens (tertiary/aromatic N) is 1. The number of fused-ring (bicyclic) bond motifs is 1. The number of halogens is 1. The Morgan fingerprint density at radius 3 is 2.72 bits per heavy atom. The first kappa shape index (κ1) is 16.2. The number of rotatable bonds is 4. The number of benzene rings is 1. The minimum atomic E-state index is -1.03. The number of carbonyl (C=O) groups is 2. The van der Waals surface area contributed by atoms with Gasteiger partial charge in [0.1, 0.15) is 23.0 Å². The van der Waals surface area contributed by atoms with Crippen LogP contribution >= 0.6 is 11.6 Å². The summed E-state index contributed by atoms with van der Waals surface area (Å²) in [7, 11) is 2.97. The van der Waals surface area contributed by atoms with Gasteiger partial charge in [-0.3, -0.25) is 9.59 Å². The molecule has 1 aromatic carbocycles. The summed E-state index contributed by atoms with van der Waals surface area (Å²) < 4.78 is 16.4. The second-order valence-corrected chi connectivity index (χ2v) is 6.73. The Balaban J connectivity index is 1.77. The fourth-order valence-corrected chi connectivity index (χ4v) is 4.27. The first-order chi connectivity index (χ1) is 11.9. The van der Waals surface area contributed by atoms with E-state index in [2.05, 4.69) is 0 Å². The quantitative estimate of drug-likeness (QED) is 0.818. The number of carboxylic acid groups (broad SMARTS) is 1. The summed E-state index contributed by atoms with van der Waals surface area (Å²) in [6.45, 7) is 0.215. The number of carbonyl (C=O) groups excluding carboxylic acids is 1. The monoisotopic (exact) mass is 365 g/mol. The fourth-order valence-electron chi connectivity index (χ4n) is 4.04. The van der Waals surface area contributed by atoms with Crippen molar-refractivity contribution >= 4 is 29.2 Å². The molecule has 4 atom stereocenters. The van der Waals surface area contributed by atoms with Crippen molar-refractivity contribution in [1.82, 2.24) is 0 Å². The molecule has 1 spiro atoms. The van der Waals surface area contributed by atoms with Gasteiger partial charge in [0.15, 0.2) is 0 Å². The maximum absolute atomic E-state index is 13.0. The van der Waals surface area contributed by atoms with Gasteiger partial charge in [-0.2, -0.15) is 0 Å². The molecule has 4 rings (SSSR count). The third-order valence-electron chi connectivity index (χ3n) is 5.13. The third-order valence-corrected chi connectivity index (χ3v) is 5.42. The molecule has 0 radical (unpaired) electrons. The third kappa shape index (κ3) is 2.09. The van der Waals surface area contributed by atoms with E-state index in [4.69, 9.17) is 25.8 Å².